The maximum absolute atomic E-state index is 9.37. The van der Waals surface area contributed by atoms with Gasteiger partial charge in [0.25, 0.3) is 0 Å². The summed E-state index contributed by atoms with van der Waals surface area (Å²) < 4.78 is 10.6. The summed E-state index contributed by atoms with van der Waals surface area (Å²) in [5.41, 5.74) is 1.07. The van der Waals surface area contributed by atoms with Gasteiger partial charge in [-0.25, -0.2) is 0 Å². The van der Waals surface area contributed by atoms with Gasteiger partial charge in [-0.05, 0) is 24.3 Å². The summed E-state index contributed by atoms with van der Waals surface area (Å²) in [7, 11) is -0.126. The van der Waals surface area contributed by atoms with E-state index >= 15 is 0 Å². The Labute approximate surface area is 122 Å². The quantitative estimate of drug-likeness (QED) is 0.822. The topological polar surface area (TPSA) is 58.9 Å². The maximum Gasteiger partial charge on any atom is 0.492 e. The molecule has 0 atom stereocenters. The first-order valence-corrected chi connectivity index (χ1v) is 6.40. The highest BCUT2D eigenvalue weighted by atomic mass is 35.5. The third-order valence-corrected chi connectivity index (χ3v) is 3.20. The minimum atomic E-state index is -1.63. The van der Waals surface area contributed by atoms with Gasteiger partial charge in [0, 0.05) is 16.0 Å². The lowest BCUT2D eigenvalue weighted by Crippen LogP contribution is -2.31. The molecular weight excluding hydrogens is 278 g/mol. The Morgan fingerprint density at radius 1 is 1.15 bits per heavy atom. The molecule has 2 aromatic carbocycles. The van der Waals surface area contributed by atoms with Crippen molar-refractivity contribution in [3.8, 4) is 11.5 Å². The van der Waals surface area contributed by atoms with Crippen molar-refractivity contribution in [3.05, 3.63) is 53.1 Å². The van der Waals surface area contributed by atoms with Gasteiger partial charge in [0.2, 0.25) is 0 Å². The van der Waals surface area contributed by atoms with Crippen LogP contribution in [0.3, 0.4) is 0 Å². The van der Waals surface area contributed by atoms with Gasteiger partial charge in [-0.1, -0.05) is 29.8 Å². The Balaban J connectivity index is 2.19. The van der Waals surface area contributed by atoms with E-state index in [2.05, 4.69) is 0 Å². The third kappa shape index (κ3) is 3.45. The van der Waals surface area contributed by atoms with Crippen molar-refractivity contribution in [1.29, 1.82) is 0 Å². The molecule has 0 fully saturated rings. The lowest BCUT2D eigenvalue weighted by molar-refractivity contribution is 0.306. The van der Waals surface area contributed by atoms with E-state index in [0.717, 1.165) is 5.56 Å². The van der Waals surface area contributed by atoms with Crippen molar-refractivity contribution < 1.29 is 19.5 Å². The van der Waals surface area contributed by atoms with E-state index in [1.54, 1.807) is 18.2 Å². The van der Waals surface area contributed by atoms with Crippen LogP contribution in [0, 0.1) is 0 Å². The van der Waals surface area contributed by atoms with Crippen LogP contribution >= 0.6 is 11.6 Å². The SMILES string of the molecule is COc1ccc(OCc2ccccc2Cl)c(B(O)O)c1. The molecule has 0 bridgehead atoms. The van der Waals surface area contributed by atoms with Gasteiger partial charge in [0.1, 0.15) is 18.1 Å². The fourth-order valence-corrected chi connectivity index (χ4v) is 1.95. The highest BCUT2D eigenvalue weighted by Crippen LogP contribution is 2.20. The lowest BCUT2D eigenvalue weighted by Gasteiger charge is -2.13. The molecular formula is C14H14BClO4. The Hall–Kier alpha value is -1.69. The first-order chi connectivity index (χ1) is 9.61. The minimum absolute atomic E-state index is 0.242. The van der Waals surface area contributed by atoms with E-state index in [1.165, 1.54) is 13.2 Å². The van der Waals surface area contributed by atoms with E-state index in [1.807, 2.05) is 18.2 Å². The second-order valence-electron chi connectivity index (χ2n) is 4.16. The highest BCUT2D eigenvalue weighted by molar-refractivity contribution is 6.59. The van der Waals surface area contributed by atoms with E-state index in [9.17, 15) is 10.0 Å². The molecule has 0 heterocycles. The Kier molecular flexibility index (Phi) is 4.90. The average molecular weight is 293 g/mol. The van der Waals surface area contributed by atoms with Crippen LogP contribution in [-0.4, -0.2) is 24.3 Å². The molecule has 0 aromatic heterocycles. The van der Waals surface area contributed by atoms with Crippen LogP contribution in [-0.2, 0) is 6.61 Å². The first kappa shape index (κ1) is 14.7. The summed E-state index contributed by atoms with van der Waals surface area (Å²) in [6.07, 6.45) is 0. The van der Waals surface area contributed by atoms with Crippen molar-refractivity contribution >= 4 is 24.2 Å². The molecule has 0 saturated heterocycles. The number of hydrogen-bond acceptors (Lipinski definition) is 4. The molecule has 2 N–H and O–H groups in total. The second-order valence-corrected chi connectivity index (χ2v) is 4.56. The molecule has 0 spiro atoms. The summed E-state index contributed by atoms with van der Waals surface area (Å²) in [6.45, 7) is 0.242. The van der Waals surface area contributed by atoms with Gasteiger partial charge in [-0.15, -0.1) is 0 Å². The predicted molar refractivity (Wildman–Crippen MR) is 78.6 cm³/mol. The van der Waals surface area contributed by atoms with Gasteiger partial charge in [-0.2, -0.15) is 0 Å². The van der Waals surface area contributed by atoms with Crippen LogP contribution in [0.5, 0.6) is 11.5 Å². The van der Waals surface area contributed by atoms with E-state index in [4.69, 9.17) is 21.1 Å². The molecule has 4 nitrogen and oxygen atoms in total. The standard InChI is InChI=1S/C14H14BClO4/c1-19-11-6-7-14(12(8-11)15(17)18)20-9-10-4-2-3-5-13(10)16/h2-8,17-18H,9H2,1H3. The summed E-state index contributed by atoms with van der Waals surface area (Å²) in [4.78, 5) is 0. The van der Waals surface area contributed by atoms with Gasteiger partial charge in [-0.3, -0.25) is 0 Å². The molecule has 2 rings (SSSR count). The van der Waals surface area contributed by atoms with Crippen molar-refractivity contribution in [3.63, 3.8) is 0 Å². The predicted octanol–water partition coefficient (Wildman–Crippen LogP) is 1.61. The number of halogens is 1. The fraction of sp³-hybridized carbons (Fsp3) is 0.143. The molecule has 0 saturated carbocycles. The summed E-state index contributed by atoms with van der Waals surface area (Å²) in [6, 6.07) is 12.2. The highest BCUT2D eigenvalue weighted by Gasteiger charge is 2.18. The summed E-state index contributed by atoms with van der Waals surface area (Å²) >= 11 is 6.04. The minimum Gasteiger partial charge on any atom is -0.497 e. The molecule has 0 aliphatic heterocycles. The largest absolute Gasteiger partial charge is 0.497 e. The van der Waals surface area contributed by atoms with Crippen LogP contribution in [0.4, 0.5) is 0 Å². The average Bonchev–Trinajstić information content (AvgIpc) is 2.46. The molecule has 20 heavy (non-hydrogen) atoms. The first-order valence-electron chi connectivity index (χ1n) is 6.02. The number of ether oxygens (including phenoxy) is 2. The molecule has 0 amide bonds. The van der Waals surface area contributed by atoms with Crippen molar-refractivity contribution in [2.24, 2.45) is 0 Å². The number of hydrogen-bond donors (Lipinski definition) is 2. The van der Waals surface area contributed by atoms with Gasteiger partial charge in [0.05, 0.1) is 7.11 Å². The van der Waals surface area contributed by atoms with Crippen molar-refractivity contribution in [1.82, 2.24) is 0 Å². The van der Waals surface area contributed by atoms with Crippen LogP contribution in [0.25, 0.3) is 0 Å². The smallest absolute Gasteiger partial charge is 0.492 e. The van der Waals surface area contributed by atoms with E-state index in [-0.39, 0.29) is 12.1 Å². The Morgan fingerprint density at radius 3 is 2.55 bits per heavy atom. The normalized spacial score (nSPS) is 10.2. The zero-order valence-electron chi connectivity index (χ0n) is 10.9. The molecule has 6 heteroatoms. The monoisotopic (exact) mass is 292 g/mol. The van der Waals surface area contributed by atoms with Crippen molar-refractivity contribution in [2.75, 3.05) is 7.11 Å². The van der Waals surface area contributed by atoms with Crippen LogP contribution in [0.1, 0.15) is 5.56 Å². The summed E-state index contributed by atoms with van der Waals surface area (Å²) in [5.74, 6) is 0.902. The Morgan fingerprint density at radius 2 is 1.90 bits per heavy atom. The molecule has 0 unspecified atom stereocenters. The zero-order chi connectivity index (χ0) is 14.5. The van der Waals surface area contributed by atoms with E-state index in [0.29, 0.717) is 16.5 Å². The summed E-state index contributed by atoms with van der Waals surface area (Å²) in [5, 5.41) is 19.3. The molecule has 2 aromatic rings. The van der Waals surface area contributed by atoms with E-state index < -0.39 is 7.12 Å². The molecule has 0 aliphatic carbocycles. The molecule has 0 aliphatic rings. The Bertz CT molecular complexity index is 589. The van der Waals surface area contributed by atoms with Gasteiger partial charge < -0.3 is 19.5 Å². The number of methoxy groups -OCH3 is 1. The maximum atomic E-state index is 9.37. The van der Waals surface area contributed by atoms with Gasteiger partial charge >= 0.3 is 7.12 Å². The van der Waals surface area contributed by atoms with Crippen molar-refractivity contribution in [2.45, 2.75) is 6.61 Å². The second kappa shape index (κ2) is 6.66. The fourth-order valence-electron chi connectivity index (χ4n) is 1.76. The van der Waals surface area contributed by atoms with Gasteiger partial charge in [0.15, 0.2) is 0 Å². The number of rotatable bonds is 5. The molecule has 104 valence electrons. The van der Waals surface area contributed by atoms with Crippen LogP contribution in [0.2, 0.25) is 5.02 Å². The third-order valence-electron chi connectivity index (χ3n) is 2.84. The number of benzene rings is 2. The lowest BCUT2D eigenvalue weighted by atomic mass is 9.79. The van der Waals surface area contributed by atoms with Crippen LogP contribution < -0.4 is 14.9 Å². The van der Waals surface area contributed by atoms with Crippen LogP contribution in [0.15, 0.2) is 42.5 Å². The molecule has 0 radical (unpaired) electrons. The zero-order valence-corrected chi connectivity index (χ0v) is 11.7.